The van der Waals surface area contributed by atoms with Crippen molar-refractivity contribution in [3.8, 4) is 0 Å². The van der Waals surface area contributed by atoms with Crippen LogP contribution in [0.1, 0.15) is 6.42 Å². The van der Waals surface area contributed by atoms with E-state index < -0.39 is 0 Å². The topological polar surface area (TPSA) is 49.8 Å². The molecule has 1 fully saturated rings. The monoisotopic (exact) mass is 103 g/mol. The van der Waals surface area contributed by atoms with Crippen LogP contribution in [-0.2, 0) is 0 Å². The molecule has 1 aliphatic heterocycles. The third kappa shape index (κ3) is 0.889. The molecule has 0 aromatic heterocycles. The molecule has 1 N–H and O–H groups in total. The molecular weight excluding hydrogens is 96.0 g/mol. The highest BCUT2D eigenvalue weighted by Gasteiger charge is 2.08. The highest BCUT2D eigenvalue weighted by molar-refractivity contribution is 4.58. The van der Waals surface area contributed by atoms with Crippen molar-refractivity contribution in [1.29, 1.82) is 0 Å². The van der Waals surface area contributed by atoms with E-state index in [4.69, 9.17) is 5.21 Å². The summed E-state index contributed by atoms with van der Waals surface area (Å²) in [6.45, 7) is 0.903. The SMILES string of the molecule is [O-]N1CCCN1O. The van der Waals surface area contributed by atoms with Crippen molar-refractivity contribution in [1.82, 2.24) is 10.3 Å². The van der Waals surface area contributed by atoms with Gasteiger partial charge in [-0.05, 0) is 6.42 Å². The van der Waals surface area contributed by atoms with E-state index in [1.165, 1.54) is 0 Å². The first kappa shape index (κ1) is 4.99. The molecule has 0 atom stereocenters. The summed E-state index contributed by atoms with van der Waals surface area (Å²) in [5.74, 6) is 0. The van der Waals surface area contributed by atoms with E-state index in [1.807, 2.05) is 0 Å². The molecule has 7 heavy (non-hydrogen) atoms. The molecule has 0 amide bonds. The molecule has 1 rings (SSSR count). The van der Waals surface area contributed by atoms with Gasteiger partial charge in [0.05, 0.1) is 0 Å². The standard InChI is InChI=1S/C3H7N2O2/c6-4-2-1-3-5(4)7/h6H,1-3H2/q-1. The van der Waals surface area contributed by atoms with Gasteiger partial charge in [-0.3, -0.25) is 10.4 Å². The fourth-order valence-electron chi connectivity index (χ4n) is 0.574. The molecule has 0 saturated carbocycles. The van der Waals surface area contributed by atoms with Gasteiger partial charge < -0.3 is 5.21 Å². The van der Waals surface area contributed by atoms with Gasteiger partial charge in [-0.2, -0.15) is 0 Å². The summed E-state index contributed by atoms with van der Waals surface area (Å²) in [7, 11) is 0. The van der Waals surface area contributed by atoms with E-state index in [0.717, 1.165) is 6.42 Å². The number of hydrazine groups is 1. The lowest BCUT2D eigenvalue weighted by molar-refractivity contribution is -0.194. The Bertz CT molecular complexity index is 60.0. The van der Waals surface area contributed by atoms with Crippen LogP contribution in [0.5, 0.6) is 0 Å². The molecule has 4 heteroatoms. The number of hydroxylamine groups is 2. The first-order valence-corrected chi connectivity index (χ1v) is 2.22. The number of hydrogen-bond donors (Lipinski definition) is 1. The highest BCUT2D eigenvalue weighted by atomic mass is 16.7. The Balaban J connectivity index is 2.33. The average Bonchev–Trinajstić information content (AvgIpc) is 1.91. The van der Waals surface area contributed by atoms with E-state index in [2.05, 4.69) is 0 Å². The zero-order chi connectivity index (χ0) is 5.28. The minimum atomic E-state index is 0.427. The summed E-state index contributed by atoms with van der Waals surface area (Å²) in [4.78, 5) is 0. The van der Waals surface area contributed by atoms with Gasteiger partial charge in [0.15, 0.2) is 0 Å². The van der Waals surface area contributed by atoms with E-state index in [9.17, 15) is 5.21 Å². The summed E-state index contributed by atoms with van der Waals surface area (Å²) in [6, 6.07) is 0. The van der Waals surface area contributed by atoms with Gasteiger partial charge in [0.1, 0.15) is 0 Å². The number of hydrogen-bond acceptors (Lipinski definition) is 4. The Morgan fingerprint density at radius 3 is 2.29 bits per heavy atom. The Hall–Kier alpha value is -0.160. The van der Waals surface area contributed by atoms with Crippen molar-refractivity contribution in [3.63, 3.8) is 0 Å². The molecule has 0 spiro atoms. The Morgan fingerprint density at radius 1 is 1.43 bits per heavy atom. The van der Waals surface area contributed by atoms with Gasteiger partial charge in [-0.25, -0.2) is 0 Å². The second kappa shape index (κ2) is 1.75. The van der Waals surface area contributed by atoms with Gasteiger partial charge in [0.2, 0.25) is 0 Å². The second-order valence-electron chi connectivity index (χ2n) is 1.53. The predicted molar refractivity (Wildman–Crippen MR) is 23.2 cm³/mol. The zero-order valence-corrected chi connectivity index (χ0v) is 3.87. The Morgan fingerprint density at radius 2 is 2.14 bits per heavy atom. The molecule has 0 bridgehead atoms. The maximum absolute atomic E-state index is 10.2. The van der Waals surface area contributed by atoms with Crippen LogP contribution in [-0.4, -0.2) is 28.6 Å². The van der Waals surface area contributed by atoms with Crippen LogP contribution in [0, 0.1) is 5.21 Å². The van der Waals surface area contributed by atoms with E-state index >= 15 is 0 Å². The Labute approximate surface area is 41.4 Å². The van der Waals surface area contributed by atoms with Crippen LogP contribution in [0.15, 0.2) is 0 Å². The minimum Gasteiger partial charge on any atom is -0.770 e. The molecule has 0 radical (unpaired) electrons. The molecule has 0 unspecified atom stereocenters. The summed E-state index contributed by atoms with van der Waals surface area (Å²) in [5, 5.41) is 19.8. The molecule has 0 aliphatic carbocycles. The molecule has 1 heterocycles. The molecule has 42 valence electrons. The summed E-state index contributed by atoms with van der Waals surface area (Å²) >= 11 is 0. The smallest absolute Gasteiger partial charge is 0.0403 e. The zero-order valence-electron chi connectivity index (χ0n) is 3.87. The molecular formula is C3H7N2O2-. The summed E-state index contributed by atoms with van der Waals surface area (Å²) in [5.41, 5.74) is 0. The largest absolute Gasteiger partial charge is 0.770 e. The number of nitrogens with zero attached hydrogens (tertiary/aromatic N) is 2. The van der Waals surface area contributed by atoms with Crippen molar-refractivity contribution in [2.24, 2.45) is 0 Å². The lowest BCUT2D eigenvalue weighted by Gasteiger charge is -2.26. The maximum Gasteiger partial charge on any atom is 0.0403 e. The number of rotatable bonds is 0. The first-order valence-electron chi connectivity index (χ1n) is 2.22. The molecule has 0 aromatic carbocycles. The van der Waals surface area contributed by atoms with Gasteiger partial charge in [-0.15, -0.1) is 5.17 Å². The normalized spacial score (nSPS) is 26.6. The van der Waals surface area contributed by atoms with Gasteiger partial charge >= 0.3 is 0 Å². The Kier molecular flexibility index (Phi) is 1.25. The third-order valence-corrected chi connectivity index (χ3v) is 0.965. The van der Waals surface area contributed by atoms with E-state index in [-0.39, 0.29) is 0 Å². The van der Waals surface area contributed by atoms with Crippen molar-refractivity contribution in [3.05, 3.63) is 5.21 Å². The fourth-order valence-corrected chi connectivity index (χ4v) is 0.574. The maximum atomic E-state index is 10.2. The fraction of sp³-hybridized carbons (Fsp3) is 1.00. The van der Waals surface area contributed by atoms with Gasteiger partial charge in [0.25, 0.3) is 0 Å². The van der Waals surface area contributed by atoms with E-state index in [1.54, 1.807) is 0 Å². The lowest BCUT2D eigenvalue weighted by Crippen LogP contribution is -2.27. The van der Waals surface area contributed by atoms with Crippen LogP contribution < -0.4 is 0 Å². The minimum absolute atomic E-state index is 0.427. The quantitative estimate of drug-likeness (QED) is 0.461. The van der Waals surface area contributed by atoms with Gasteiger partial charge in [0, 0.05) is 13.1 Å². The highest BCUT2D eigenvalue weighted by Crippen LogP contribution is 2.02. The third-order valence-electron chi connectivity index (χ3n) is 0.965. The summed E-state index contributed by atoms with van der Waals surface area (Å²) in [6.07, 6.45) is 0.764. The predicted octanol–water partition coefficient (Wildman–Crippen LogP) is -0.204. The molecule has 1 saturated heterocycles. The van der Waals surface area contributed by atoms with Gasteiger partial charge in [-0.1, -0.05) is 0 Å². The average molecular weight is 103 g/mol. The molecule has 1 aliphatic rings. The van der Waals surface area contributed by atoms with Crippen LogP contribution in [0.3, 0.4) is 0 Å². The lowest BCUT2D eigenvalue weighted by atomic mass is 10.5. The van der Waals surface area contributed by atoms with Crippen molar-refractivity contribution < 1.29 is 5.21 Å². The van der Waals surface area contributed by atoms with Crippen molar-refractivity contribution in [2.75, 3.05) is 13.1 Å². The van der Waals surface area contributed by atoms with Crippen molar-refractivity contribution >= 4 is 0 Å². The van der Waals surface area contributed by atoms with Crippen LogP contribution in [0.2, 0.25) is 0 Å². The van der Waals surface area contributed by atoms with Crippen molar-refractivity contribution in [2.45, 2.75) is 6.42 Å². The first-order chi connectivity index (χ1) is 3.30. The summed E-state index contributed by atoms with van der Waals surface area (Å²) < 4.78 is 0. The second-order valence-corrected chi connectivity index (χ2v) is 1.53. The van der Waals surface area contributed by atoms with Crippen LogP contribution in [0.4, 0.5) is 0 Å². The van der Waals surface area contributed by atoms with Crippen LogP contribution in [0.25, 0.3) is 0 Å². The van der Waals surface area contributed by atoms with E-state index in [0.29, 0.717) is 23.4 Å². The van der Waals surface area contributed by atoms with Crippen LogP contribution >= 0.6 is 0 Å². The molecule has 4 nitrogen and oxygen atoms in total. The molecule has 0 aromatic rings.